The zero-order valence-electron chi connectivity index (χ0n) is 11.8. The van der Waals surface area contributed by atoms with Crippen LogP contribution in [0.4, 0.5) is 0 Å². The van der Waals surface area contributed by atoms with Crippen molar-refractivity contribution in [1.29, 1.82) is 0 Å². The van der Waals surface area contributed by atoms with Crippen LogP contribution in [0.1, 0.15) is 35.6 Å². The van der Waals surface area contributed by atoms with Crippen LogP contribution in [0, 0.1) is 0 Å². The van der Waals surface area contributed by atoms with Gasteiger partial charge in [-0.05, 0) is 60.9 Å². The highest BCUT2D eigenvalue weighted by Gasteiger charge is 2.24. The molecule has 1 atom stereocenters. The van der Waals surface area contributed by atoms with E-state index < -0.39 is 5.54 Å². The van der Waals surface area contributed by atoms with Crippen molar-refractivity contribution in [3.63, 3.8) is 0 Å². The normalized spacial score (nSPS) is 16.8. The maximum Gasteiger partial charge on any atom is 0.0456 e. The Labute approximate surface area is 125 Å². The van der Waals surface area contributed by atoms with Crippen LogP contribution in [0.25, 0.3) is 0 Å². The monoisotopic (exact) mass is 285 g/mol. The molecule has 1 aliphatic carbocycles. The third-order valence-electron chi connectivity index (χ3n) is 4.22. The Bertz CT molecular complexity index is 631. The number of aryl methyl sites for hydroxylation is 2. The number of hydrogen-bond donors (Lipinski definition) is 1. The van der Waals surface area contributed by atoms with Gasteiger partial charge in [0.15, 0.2) is 0 Å². The minimum atomic E-state index is -0.439. The Morgan fingerprint density at radius 1 is 1.10 bits per heavy atom. The number of hydrogen-bond acceptors (Lipinski definition) is 1. The van der Waals surface area contributed by atoms with Crippen molar-refractivity contribution in [3.05, 3.63) is 69.7 Å². The second kappa shape index (κ2) is 5.23. The van der Waals surface area contributed by atoms with E-state index in [-0.39, 0.29) is 0 Å². The molecule has 3 rings (SSSR count). The summed E-state index contributed by atoms with van der Waals surface area (Å²) in [6.07, 6.45) is 4.52. The van der Waals surface area contributed by atoms with E-state index in [4.69, 9.17) is 17.3 Å². The first-order valence-corrected chi connectivity index (χ1v) is 7.59. The molecule has 0 heterocycles. The molecule has 1 aliphatic rings. The SMILES string of the molecule is CC(N)(Cc1ccc2c(c1)CCC2)c1ccccc1Cl. The Morgan fingerprint density at radius 3 is 2.65 bits per heavy atom. The second-order valence-electron chi connectivity index (χ2n) is 6.03. The lowest BCUT2D eigenvalue weighted by Gasteiger charge is -2.26. The first-order chi connectivity index (χ1) is 9.56. The smallest absolute Gasteiger partial charge is 0.0456 e. The number of fused-ring (bicyclic) bond motifs is 1. The zero-order chi connectivity index (χ0) is 14.2. The molecule has 0 aromatic heterocycles. The van der Waals surface area contributed by atoms with E-state index in [2.05, 4.69) is 25.1 Å². The minimum absolute atomic E-state index is 0.439. The maximum absolute atomic E-state index is 6.53. The summed E-state index contributed by atoms with van der Waals surface area (Å²) in [6, 6.07) is 14.7. The molecule has 20 heavy (non-hydrogen) atoms. The van der Waals surface area contributed by atoms with Gasteiger partial charge >= 0.3 is 0 Å². The summed E-state index contributed by atoms with van der Waals surface area (Å²) in [5.74, 6) is 0. The summed E-state index contributed by atoms with van der Waals surface area (Å²) in [4.78, 5) is 0. The fourth-order valence-electron chi connectivity index (χ4n) is 3.18. The van der Waals surface area contributed by atoms with Gasteiger partial charge in [0.1, 0.15) is 0 Å². The summed E-state index contributed by atoms with van der Waals surface area (Å²) < 4.78 is 0. The highest BCUT2D eigenvalue weighted by Crippen LogP contribution is 2.30. The first kappa shape index (κ1) is 13.7. The van der Waals surface area contributed by atoms with Gasteiger partial charge in [-0.25, -0.2) is 0 Å². The molecule has 104 valence electrons. The van der Waals surface area contributed by atoms with E-state index in [1.54, 1.807) is 0 Å². The molecule has 0 bridgehead atoms. The van der Waals surface area contributed by atoms with Gasteiger partial charge in [0.25, 0.3) is 0 Å². The molecular formula is C18H20ClN. The van der Waals surface area contributed by atoms with Crippen LogP contribution in [0.5, 0.6) is 0 Å². The summed E-state index contributed by atoms with van der Waals surface area (Å²) in [7, 11) is 0. The molecule has 2 aromatic carbocycles. The van der Waals surface area contributed by atoms with E-state index in [0.29, 0.717) is 0 Å². The molecule has 0 amide bonds. The number of rotatable bonds is 3. The Balaban J connectivity index is 1.88. The topological polar surface area (TPSA) is 26.0 Å². The molecule has 0 saturated carbocycles. The maximum atomic E-state index is 6.53. The van der Waals surface area contributed by atoms with Gasteiger partial charge in [-0.2, -0.15) is 0 Å². The third kappa shape index (κ3) is 2.61. The van der Waals surface area contributed by atoms with Gasteiger partial charge in [-0.1, -0.05) is 48.0 Å². The Hall–Kier alpha value is -1.31. The van der Waals surface area contributed by atoms with Gasteiger partial charge in [-0.15, -0.1) is 0 Å². The van der Waals surface area contributed by atoms with Crippen molar-refractivity contribution in [3.8, 4) is 0 Å². The molecule has 2 N–H and O–H groups in total. The molecular weight excluding hydrogens is 266 g/mol. The van der Waals surface area contributed by atoms with Crippen LogP contribution in [0.2, 0.25) is 5.02 Å². The van der Waals surface area contributed by atoms with Crippen LogP contribution in [0.3, 0.4) is 0 Å². The molecule has 0 aliphatic heterocycles. The largest absolute Gasteiger partial charge is 0.321 e. The van der Waals surface area contributed by atoms with Crippen molar-refractivity contribution in [2.24, 2.45) is 5.73 Å². The highest BCUT2D eigenvalue weighted by molar-refractivity contribution is 6.31. The number of halogens is 1. The van der Waals surface area contributed by atoms with Crippen LogP contribution >= 0.6 is 11.6 Å². The lowest BCUT2D eigenvalue weighted by Crippen LogP contribution is -2.35. The van der Waals surface area contributed by atoms with E-state index in [1.165, 1.54) is 36.0 Å². The second-order valence-corrected chi connectivity index (χ2v) is 6.44. The lowest BCUT2D eigenvalue weighted by molar-refractivity contribution is 0.491. The van der Waals surface area contributed by atoms with Gasteiger partial charge in [-0.3, -0.25) is 0 Å². The quantitative estimate of drug-likeness (QED) is 0.896. The molecule has 2 heteroatoms. The van der Waals surface area contributed by atoms with Crippen LogP contribution in [-0.4, -0.2) is 0 Å². The number of nitrogens with two attached hydrogens (primary N) is 1. The highest BCUT2D eigenvalue weighted by atomic mass is 35.5. The summed E-state index contributed by atoms with van der Waals surface area (Å²) in [6.45, 7) is 2.06. The zero-order valence-corrected chi connectivity index (χ0v) is 12.6. The van der Waals surface area contributed by atoms with Crippen LogP contribution in [-0.2, 0) is 24.8 Å². The average Bonchev–Trinajstić information content (AvgIpc) is 2.86. The van der Waals surface area contributed by atoms with E-state index in [0.717, 1.165) is 17.0 Å². The average molecular weight is 286 g/mol. The molecule has 0 spiro atoms. The van der Waals surface area contributed by atoms with E-state index >= 15 is 0 Å². The molecule has 2 aromatic rings. The fourth-order valence-corrected chi connectivity index (χ4v) is 3.53. The van der Waals surface area contributed by atoms with Crippen LogP contribution < -0.4 is 5.73 Å². The van der Waals surface area contributed by atoms with Crippen molar-refractivity contribution in [1.82, 2.24) is 0 Å². The predicted molar refractivity (Wildman–Crippen MR) is 85.2 cm³/mol. The van der Waals surface area contributed by atoms with E-state index in [1.807, 2.05) is 24.3 Å². The lowest BCUT2D eigenvalue weighted by atomic mass is 9.86. The third-order valence-corrected chi connectivity index (χ3v) is 4.55. The Morgan fingerprint density at radius 2 is 1.85 bits per heavy atom. The summed E-state index contributed by atoms with van der Waals surface area (Å²) in [5.41, 5.74) is 11.4. The fraction of sp³-hybridized carbons (Fsp3) is 0.333. The van der Waals surface area contributed by atoms with Crippen molar-refractivity contribution < 1.29 is 0 Å². The first-order valence-electron chi connectivity index (χ1n) is 7.21. The van der Waals surface area contributed by atoms with E-state index in [9.17, 15) is 0 Å². The standard InChI is InChI=1S/C18H20ClN/c1-18(20,16-7-2-3-8-17(16)19)12-13-9-10-14-5-4-6-15(14)11-13/h2-3,7-11H,4-6,12,20H2,1H3. The van der Waals surface area contributed by atoms with Crippen molar-refractivity contribution >= 4 is 11.6 Å². The van der Waals surface area contributed by atoms with Crippen molar-refractivity contribution in [2.75, 3.05) is 0 Å². The molecule has 1 nitrogen and oxygen atoms in total. The Kier molecular flexibility index (Phi) is 3.57. The van der Waals surface area contributed by atoms with Gasteiger partial charge in [0.2, 0.25) is 0 Å². The molecule has 0 radical (unpaired) electrons. The molecule has 0 fully saturated rings. The minimum Gasteiger partial charge on any atom is -0.321 e. The summed E-state index contributed by atoms with van der Waals surface area (Å²) in [5, 5.41) is 0.749. The van der Waals surface area contributed by atoms with Gasteiger partial charge in [0, 0.05) is 10.6 Å². The number of benzene rings is 2. The predicted octanol–water partition coefficient (Wildman–Crippen LogP) is 4.25. The molecule has 1 unspecified atom stereocenters. The van der Waals surface area contributed by atoms with Gasteiger partial charge in [0.05, 0.1) is 0 Å². The molecule has 0 saturated heterocycles. The van der Waals surface area contributed by atoms with Crippen molar-refractivity contribution in [2.45, 2.75) is 38.1 Å². The van der Waals surface area contributed by atoms with Gasteiger partial charge < -0.3 is 5.73 Å². The summed E-state index contributed by atoms with van der Waals surface area (Å²) >= 11 is 6.29. The van der Waals surface area contributed by atoms with Crippen LogP contribution in [0.15, 0.2) is 42.5 Å².